The van der Waals surface area contributed by atoms with Gasteiger partial charge in [0, 0.05) is 48.3 Å². The van der Waals surface area contributed by atoms with Gasteiger partial charge in [-0.15, -0.1) is 0 Å². The molecule has 1 saturated heterocycles. The van der Waals surface area contributed by atoms with Gasteiger partial charge >= 0.3 is 16.4 Å². The normalized spacial score (nSPS) is 21.9. The molecule has 8 amide bonds. The van der Waals surface area contributed by atoms with E-state index in [-0.39, 0.29) is 44.3 Å². The van der Waals surface area contributed by atoms with Gasteiger partial charge in [-0.3, -0.25) is 52.6 Å². The van der Waals surface area contributed by atoms with Gasteiger partial charge in [-0.05, 0) is 122 Å². The number of benzene rings is 2. The molecule has 25 heteroatoms. The number of carbonyl (C=O) groups is 9. The van der Waals surface area contributed by atoms with Gasteiger partial charge in [0.1, 0.15) is 36.0 Å². The van der Waals surface area contributed by atoms with Crippen molar-refractivity contribution in [1.82, 2.24) is 41.8 Å². The Bertz CT molecular complexity index is 2700. The number of carboxylic acids is 1. The van der Waals surface area contributed by atoms with Crippen LogP contribution in [0.15, 0.2) is 54.7 Å². The van der Waals surface area contributed by atoms with Gasteiger partial charge < -0.3 is 46.2 Å². The minimum absolute atomic E-state index is 0.0545. The van der Waals surface area contributed by atoms with Crippen molar-refractivity contribution in [2.75, 3.05) is 30.6 Å². The Balaban J connectivity index is 1.04. The molecule has 3 aromatic rings. The van der Waals surface area contributed by atoms with Gasteiger partial charge in [0.25, 0.3) is 0 Å². The Kier molecular flexibility index (Phi) is 18.9. The molecule has 0 spiro atoms. The summed E-state index contributed by atoms with van der Waals surface area (Å²) in [4.78, 5) is 126. The van der Waals surface area contributed by atoms with E-state index in [0.29, 0.717) is 40.4 Å². The fourth-order valence-electron chi connectivity index (χ4n) is 11.4. The van der Waals surface area contributed by atoms with Crippen molar-refractivity contribution in [1.29, 1.82) is 0 Å². The Labute approximate surface area is 442 Å². The van der Waals surface area contributed by atoms with Gasteiger partial charge in [-0.1, -0.05) is 30.3 Å². The number of carboxylic acid groups (broad SMARTS) is 1. The van der Waals surface area contributed by atoms with Crippen LogP contribution in [0.2, 0.25) is 0 Å². The maximum atomic E-state index is 14.4. The topological polar surface area (TPSA) is 329 Å². The lowest BCUT2D eigenvalue weighted by Gasteiger charge is -2.57. The lowest BCUT2D eigenvalue weighted by molar-refractivity contribution is -0.147. The van der Waals surface area contributed by atoms with Gasteiger partial charge in [-0.2, -0.15) is 31.9 Å². The smallest absolute Gasteiger partial charge is 0.446 e. The van der Waals surface area contributed by atoms with Crippen LogP contribution in [0.5, 0.6) is 5.75 Å². The third-order valence-electron chi connectivity index (χ3n) is 14.4. The van der Waals surface area contributed by atoms with E-state index in [0.717, 1.165) is 54.3 Å². The Hall–Kier alpha value is -6.18. The quantitative estimate of drug-likeness (QED) is 0.0388. The van der Waals surface area contributed by atoms with Crippen molar-refractivity contribution < 1.29 is 65.4 Å². The molecule has 22 nitrogen and oxygen atoms in total. The average molecular weight is 1100 g/mol. The molecule has 0 unspecified atom stereocenters. The number of H-pyrrole nitrogens is 1. The Morgan fingerprint density at radius 3 is 1.88 bits per heavy atom. The number of thioether (sulfide) groups is 2. The van der Waals surface area contributed by atoms with Gasteiger partial charge in [0.2, 0.25) is 47.3 Å². The second-order valence-corrected chi connectivity index (χ2v) is 23.0. The molecule has 0 radical (unpaired) electrons. The largest absolute Gasteiger partial charge is 0.481 e. The van der Waals surface area contributed by atoms with Crippen molar-refractivity contribution in [2.45, 2.75) is 119 Å². The second-order valence-electron chi connectivity index (χ2n) is 20.0. The first kappa shape index (κ1) is 56.5. The van der Waals surface area contributed by atoms with E-state index in [2.05, 4.69) is 41.1 Å². The molecule has 1 aromatic heterocycles. The number of aliphatic carboxylic acids is 1. The molecule has 75 heavy (non-hydrogen) atoms. The van der Waals surface area contributed by atoms with Crippen molar-refractivity contribution in [3.63, 3.8) is 0 Å². The highest BCUT2D eigenvalue weighted by Crippen LogP contribution is 2.55. The number of imide groups is 1. The third-order valence-corrected chi connectivity index (χ3v) is 16.0. The van der Waals surface area contributed by atoms with Crippen LogP contribution < -0.4 is 36.1 Å². The lowest BCUT2D eigenvalue weighted by Crippen LogP contribution is -2.63. The fraction of sp³-hybridized carbons (Fsp3) is 0.540. The van der Waals surface area contributed by atoms with E-state index < -0.39 is 112 Å². The van der Waals surface area contributed by atoms with E-state index in [1.807, 2.05) is 18.2 Å². The SMILES string of the molecule is CSCC[C@H](NC(=O)[C@H](Cc1c[nH]c2ccccc12)NC(=O)CNC(=O)[C@H](CCSC)NC(=O)[C@H](Cc1ccc(OS(=O)(=O)O)cc1)N1C(=O)CCC1=O)C(=O)N[C@@H](CC(=O)O)C(=O)NC12CC3CC(CC(C3)C1)C2. The van der Waals surface area contributed by atoms with Crippen LogP contribution >= 0.6 is 23.5 Å². The standard InChI is InChI=1S/C50H64N8O14S3/c1-73-15-13-36(55-49(68)40(58-42(60)11-12-43(58)61)20-28-7-9-33(10-8-28)72-75(69,70)71)45(64)52-27-41(59)53-38(21-32-26-51-35-6-4-3-5-34(32)35)47(66)54-37(14-16-74-2)46(65)56-39(22-44(62)63)48(67)57-50-23-29-17-30(24-50)19-31(18-29)25-50/h3-10,26,29-31,36-40,51H,11-25,27H2,1-2H3,(H,52,64)(H,53,59)(H,54,66)(H,55,68)(H,56,65)(H,57,67)(H,62,63)(H,69,70,71)/t29?,30?,31?,36-,37-,38-,39-,40-,50?/m0/s1. The molecule has 4 aliphatic carbocycles. The summed E-state index contributed by atoms with van der Waals surface area (Å²) in [6.07, 6.45) is 9.87. The number of para-hydroxylation sites is 1. The number of amides is 8. The van der Waals surface area contributed by atoms with E-state index in [1.165, 1.54) is 47.8 Å². The van der Waals surface area contributed by atoms with Crippen LogP contribution in [0.1, 0.15) is 81.8 Å². The number of aromatic amines is 1. The number of nitrogens with zero attached hydrogens (tertiary/aromatic N) is 1. The Morgan fingerprint density at radius 1 is 0.733 bits per heavy atom. The first-order valence-corrected chi connectivity index (χ1v) is 29.0. The van der Waals surface area contributed by atoms with Crippen LogP contribution in [0.4, 0.5) is 0 Å². The third kappa shape index (κ3) is 15.2. The maximum Gasteiger partial charge on any atom is 0.446 e. The van der Waals surface area contributed by atoms with Crippen molar-refractivity contribution in [3.8, 4) is 5.75 Å². The zero-order valence-electron chi connectivity index (χ0n) is 41.6. The molecule has 8 rings (SSSR count). The maximum absolute atomic E-state index is 14.4. The number of hydrogen-bond acceptors (Lipinski definition) is 14. The molecule has 1 aliphatic heterocycles. The predicted molar refractivity (Wildman–Crippen MR) is 277 cm³/mol. The summed E-state index contributed by atoms with van der Waals surface area (Å²) in [7, 11) is -4.83. The number of nitrogens with one attached hydrogen (secondary N) is 7. The number of likely N-dealkylation sites (tertiary alicyclic amines) is 1. The van der Waals surface area contributed by atoms with Crippen molar-refractivity contribution >= 4 is 98.1 Å². The van der Waals surface area contributed by atoms with Crippen LogP contribution in [0.3, 0.4) is 0 Å². The second kappa shape index (κ2) is 25.1. The summed E-state index contributed by atoms with van der Waals surface area (Å²) in [5, 5.41) is 27.0. The number of rotatable bonds is 27. The summed E-state index contributed by atoms with van der Waals surface area (Å²) >= 11 is 2.75. The highest BCUT2D eigenvalue weighted by atomic mass is 32.3. The molecule has 5 atom stereocenters. The monoisotopic (exact) mass is 1100 g/mol. The summed E-state index contributed by atoms with van der Waals surface area (Å²) < 4.78 is 35.9. The highest BCUT2D eigenvalue weighted by molar-refractivity contribution is 7.98. The summed E-state index contributed by atoms with van der Waals surface area (Å²) in [5.41, 5.74) is 1.30. The highest BCUT2D eigenvalue weighted by Gasteiger charge is 2.52. The summed E-state index contributed by atoms with van der Waals surface area (Å²) in [6, 6.07) is 5.66. The molecule has 5 aliphatic rings. The lowest BCUT2D eigenvalue weighted by atomic mass is 9.53. The fourth-order valence-corrected chi connectivity index (χ4v) is 12.6. The molecule has 4 bridgehead atoms. The molecule has 9 N–H and O–H groups in total. The van der Waals surface area contributed by atoms with Gasteiger partial charge in [-0.25, -0.2) is 0 Å². The predicted octanol–water partition coefficient (Wildman–Crippen LogP) is 1.77. The van der Waals surface area contributed by atoms with E-state index in [9.17, 15) is 56.7 Å². The zero-order valence-corrected chi connectivity index (χ0v) is 44.0. The average Bonchev–Trinajstić information content (AvgIpc) is 3.91. The van der Waals surface area contributed by atoms with Crippen LogP contribution in [0.25, 0.3) is 10.9 Å². The first-order chi connectivity index (χ1) is 35.7. The van der Waals surface area contributed by atoms with E-state index in [1.54, 1.807) is 24.8 Å². The van der Waals surface area contributed by atoms with Gasteiger partial charge in [0.15, 0.2) is 0 Å². The number of aromatic nitrogens is 1. The molecular formula is C50H64N8O14S3. The molecular weight excluding hydrogens is 1030 g/mol. The zero-order chi connectivity index (χ0) is 54.0. The van der Waals surface area contributed by atoms with Crippen LogP contribution in [-0.4, -0.2) is 147 Å². The number of hydrogen-bond donors (Lipinski definition) is 9. The van der Waals surface area contributed by atoms with E-state index >= 15 is 0 Å². The summed E-state index contributed by atoms with van der Waals surface area (Å²) in [5.74, 6) is -5.20. The van der Waals surface area contributed by atoms with E-state index in [4.69, 9.17) is 4.55 Å². The van der Waals surface area contributed by atoms with Crippen LogP contribution in [-0.2, 0) is 66.4 Å². The first-order valence-electron chi connectivity index (χ1n) is 24.9. The number of carbonyl (C=O) groups excluding carboxylic acids is 8. The number of fused-ring (bicyclic) bond motifs is 1. The van der Waals surface area contributed by atoms with Gasteiger partial charge in [0.05, 0.1) is 13.0 Å². The molecule has 2 aromatic carbocycles. The minimum atomic E-state index is -4.83. The van der Waals surface area contributed by atoms with Crippen molar-refractivity contribution in [3.05, 3.63) is 65.9 Å². The van der Waals surface area contributed by atoms with Crippen LogP contribution in [0, 0.1) is 17.8 Å². The summed E-state index contributed by atoms with van der Waals surface area (Å²) in [6.45, 7) is -0.682. The molecule has 5 fully saturated rings. The van der Waals surface area contributed by atoms with Crippen molar-refractivity contribution in [2.24, 2.45) is 17.8 Å². The molecule has 406 valence electrons. The minimum Gasteiger partial charge on any atom is -0.481 e. The molecule has 4 saturated carbocycles. The Morgan fingerprint density at radius 2 is 1.29 bits per heavy atom. The molecule has 2 heterocycles.